The van der Waals surface area contributed by atoms with Gasteiger partial charge in [0.1, 0.15) is 5.01 Å². The monoisotopic (exact) mass is 301 g/mol. The van der Waals surface area contributed by atoms with E-state index in [2.05, 4.69) is 15.6 Å². The van der Waals surface area contributed by atoms with Gasteiger partial charge >= 0.3 is 0 Å². The molecule has 1 aromatic carbocycles. The Hall–Kier alpha value is -1.72. The molecule has 0 saturated heterocycles. The number of amides is 1. The topological polar surface area (TPSA) is 54.0 Å². The van der Waals surface area contributed by atoms with Gasteiger partial charge in [-0.05, 0) is 26.0 Å². The Morgan fingerprint density at radius 2 is 2.14 bits per heavy atom. The summed E-state index contributed by atoms with van der Waals surface area (Å²) < 4.78 is 0. The van der Waals surface area contributed by atoms with E-state index in [4.69, 9.17) is 0 Å². The Morgan fingerprint density at radius 3 is 2.86 bits per heavy atom. The second-order valence-corrected chi connectivity index (χ2v) is 6.54. The summed E-state index contributed by atoms with van der Waals surface area (Å²) in [5.74, 6) is -0.222. The van der Waals surface area contributed by atoms with Crippen molar-refractivity contribution >= 4 is 22.9 Å². The summed E-state index contributed by atoms with van der Waals surface area (Å²) in [5, 5.41) is 7.21. The summed E-state index contributed by atoms with van der Waals surface area (Å²) in [6, 6.07) is 7.84. The van der Waals surface area contributed by atoms with Gasteiger partial charge in [0.15, 0.2) is 0 Å². The average molecular weight is 301 g/mol. The summed E-state index contributed by atoms with van der Waals surface area (Å²) in [7, 11) is 0. The van der Waals surface area contributed by atoms with Crippen molar-refractivity contribution < 1.29 is 4.79 Å². The fraction of sp³-hybridized carbons (Fsp3) is 0.375. The molecule has 2 aromatic rings. The summed E-state index contributed by atoms with van der Waals surface area (Å²) in [6.45, 7) is 5.79. The van der Waals surface area contributed by atoms with Gasteiger partial charge in [0, 0.05) is 30.1 Å². The highest BCUT2D eigenvalue weighted by molar-refractivity contribution is 7.12. The number of anilines is 1. The lowest BCUT2D eigenvalue weighted by atomic mass is 10.1. The van der Waals surface area contributed by atoms with Gasteiger partial charge in [-0.2, -0.15) is 0 Å². The molecule has 1 aliphatic rings. The van der Waals surface area contributed by atoms with Gasteiger partial charge in [-0.25, -0.2) is 4.98 Å². The van der Waals surface area contributed by atoms with E-state index in [0.29, 0.717) is 0 Å². The van der Waals surface area contributed by atoms with Crippen LogP contribution < -0.4 is 10.6 Å². The van der Waals surface area contributed by atoms with Crippen LogP contribution in [0.3, 0.4) is 0 Å². The first-order chi connectivity index (χ1) is 10.1. The van der Waals surface area contributed by atoms with Crippen molar-refractivity contribution in [2.75, 3.05) is 11.9 Å². The SMILES string of the molecule is Cc1ccc(NC(=O)C(C)c2nc3c(s2)CNCC3)cc1. The molecule has 0 fully saturated rings. The third kappa shape index (κ3) is 3.14. The lowest BCUT2D eigenvalue weighted by Crippen LogP contribution is -2.22. The number of nitrogens with zero attached hydrogens (tertiary/aromatic N) is 1. The Bertz CT molecular complexity index is 625. The molecule has 2 heterocycles. The lowest BCUT2D eigenvalue weighted by Gasteiger charge is -2.10. The normalized spacial score (nSPS) is 15.3. The standard InChI is InChI=1S/C16H19N3OS/c1-10-3-5-12(6-4-10)18-15(20)11(2)16-19-13-7-8-17-9-14(13)21-16/h3-6,11,17H,7-9H2,1-2H3,(H,18,20). The predicted molar refractivity (Wildman–Crippen MR) is 85.7 cm³/mol. The van der Waals surface area contributed by atoms with E-state index < -0.39 is 0 Å². The van der Waals surface area contributed by atoms with Crippen molar-refractivity contribution in [1.29, 1.82) is 0 Å². The minimum Gasteiger partial charge on any atom is -0.325 e. The predicted octanol–water partition coefficient (Wildman–Crippen LogP) is 2.84. The van der Waals surface area contributed by atoms with Crippen LogP contribution in [-0.4, -0.2) is 17.4 Å². The third-order valence-electron chi connectivity index (χ3n) is 3.70. The van der Waals surface area contributed by atoms with Crippen LogP contribution in [0.15, 0.2) is 24.3 Å². The van der Waals surface area contributed by atoms with Gasteiger partial charge in [-0.15, -0.1) is 11.3 Å². The van der Waals surface area contributed by atoms with Gasteiger partial charge in [0.05, 0.1) is 11.6 Å². The highest BCUT2D eigenvalue weighted by atomic mass is 32.1. The summed E-state index contributed by atoms with van der Waals surface area (Å²) in [5.41, 5.74) is 3.17. The van der Waals surface area contributed by atoms with E-state index in [9.17, 15) is 4.79 Å². The van der Waals surface area contributed by atoms with Crippen LogP contribution >= 0.6 is 11.3 Å². The zero-order valence-electron chi connectivity index (χ0n) is 12.3. The van der Waals surface area contributed by atoms with Gasteiger partial charge < -0.3 is 10.6 Å². The highest BCUT2D eigenvalue weighted by Gasteiger charge is 2.22. The second kappa shape index (κ2) is 5.95. The van der Waals surface area contributed by atoms with E-state index in [1.165, 1.54) is 10.4 Å². The maximum absolute atomic E-state index is 12.4. The Balaban J connectivity index is 1.72. The number of aromatic nitrogens is 1. The molecule has 0 spiro atoms. The molecule has 0 radical (unpaired) electrons. The largest absolute Gasteiger partial charge is 0.325 e. The number of benzene rings is 1. The van der Waals surface area contributed by atoms with E-state index in [1.54, 1.807) is 11.3 Å². The van der Waals surface area contributed by atoms with Crippen LogP contribution in [0, 0.1) is 6.92 Å². The van der Waals surface area contributed by atoms with Crippen LogP contribution in [0.2, 0.25) is 0 Å². The van der Waals surface area contributed by atoms with Crippen molar-refractivity contribution in [3.8, 4) is 0 Å². The summed E-state index contributed by atoms with van der Waals surface area (Å²) >= 11 is 1.65. The fourth-order valence-corrected chi connectivity index (χ4v) is 3.46. The molecule has 110 valence electrons. The molecular formula is C16H19N3OS. The van der Waals surface area contributed by atoms with Crippen LogP contribution in [0.5, 0.6) is 0 Å². The minimum atomic E-state index is -0.220. The minimum absolute atomic E-state index is 0.00194. The number of fused-ring (bicyclic) bond motifs is 1. The molecule has 5 heteroatoms. The van der Waals surface area contributed by atoms with Crippen LogP contribution in [0.1, 0.15) is 34.0 Å². The molecule has 0 aliphatic carbocycles. The lowest BCUT2D eigenvalue weighted by molar-refractivity contribution is -0.117. The van der Waals surface area contributed by atoms with Gasteiger partial charge in [0.25, 0.3) is 0 Å². The smallest absolute Gasteiger partial charge is 0.234 e. The fourth-order valence-electron chi connectivity index (χ4n) is 2.33. The number of rotatable bonds is 3. The van der Waals surface area contributed by atoms with Crippen LogP contribution in [-0.2, 0) is 17.8 Å². The zero-order chi connectivity index (χ0) is 14.8. The molecule has 4 nitrogen and oxygen atoms in total. The third-order valence-corrected chi connectivity index (χ3v) is 4.98. The molecule has 0 bridgehead atoms. The first-order valence-electron chi connectivity index (χ1n) is 7.20. The van der Waals surface area contributed by atoms with Gasteiger partial charge in [0.2, 0.25) is 5.91 Å². The highest BCUT2D eigenvalue weighted by Crippen LogP contribution is 2.28. The van der Waals surface area contributed by atoms with Gasteiger partial charge in [-0.1, -0.05) is 17.7 Å². The van der Waals surface area contributed by atoms with Crippen molar-refractivity contribution in [2.24, 2.45) is 0 Å². The van der Waals surface area contributed by atoms with Gasteiger partial charge in [-0.3, -0.25) is 4.79 Å². The maximum atomic E-state index is 12.4. The molecule has 1 unspecified atom stereocenters. The Morgan fingerprint density at radius 1 is 1.38 bits per heavy atom. The zero-order valence-corrected chi connectivity index (χ0v) is 13.1. The quantitative estimate of drug-likeness (QED) is 0.916. The molecule has 21 heavy (non-hydrogen) atoms. The molecule has 2 N–H and O–H groups in total. The number of hydrogen-bond acceptors (Lipinski definition) is 4. The molecule has 0 saturated carbocycles. The van der Waals surface area contributed by atoms with Crippen LogP contribution in [0.25, 0.3) is 0 Å². The number of aryl methyl sites for hydroxylation is 1. The van der Waals surface area contributed by atoms with Crippen molar-refractivity contribution in [1.82, 2.24) is 10.3 Å². The number of carbonyl (C=O) groups is 1. The Kier molecular flexibility index (Phi) is 4.03. The first-order valence-corrected chi connectivity index (χ1v) is 8.02. The molecule has 1 amide bonds. The Labute approximate surface area is 128 Å². The van der Waals surface area contributed by atoms with Crippen molar-refractivity contribution in [3.05, 3.63) is 45.4 Å². The van der Waals surface area contributed by atoms with E-state index >= 15 is 0 Å². The van der Waals surface area contributed by atoms with Crippen LogP contribution in [0.4, 0.5) is 5.69 Å². The number of nitrogens with one attached hydrogen (secondary N) is 2. The number of thiazole rings is 1. The summed E-state index contributed by atoms with van der Waals surface area (Å²) in [4.78, 5) is 18.3. The van der Waals surface area contributed by atoms with E-state index in [1.807, 2.05) is 38.1 Å². The molecule has 3 rings (SSSR count). The first kappa shape index (κ1) is 14.2. The van der Waals surface area contributed by atoms with E-state index in [0.717, 1.165) is 35.9 Å². The van der Waals surface area contributed by atoms with Crippen molar-refractivity contribution in [3.63, 3.8) is 0 Å². The maximum Gasteiger partial charge on any atom is 0.234 e. The summed E-state index contributed by atoms with van der Waals surface area (Å²) in [6.07, 6.45) is 0.956. The molecule has 1 aliphatic heterocycles. The number of hydrogen-bond donors (Lipinski definition) is 2. The molecule has 1 aromatic heterocycles. The van der Waals surface area contributed by atoms with E-state index in [-0.39, 0.29) is 11.8 Å². The number of carbonyl (C=O) groups excluding carboxylic acids is 1. The van der Waals surface area contributed by atoms with Crippen molar-refractivity contribution in [2.45, 2.75) is 32.7 Å². The average Bonchev–Trinajstić information content (AvgIpc) is 2.92. The second-order valence-electron chi connectivity index (χ2n) is 5.43. The molecular weight excluding hydrogens is 282 g/mol. The molecule has 1 atom stereocenters.